The topological polar surface area (TPSA) is 90.3 Å². The van der Waals surface area contributed by atoms with Gasteiger partial charge in [-0.05, 0) is 31.9 Å². The molecule has 2 heterocycles. The Morgan fingerprint density at radius 1 is 1.33 bits per heavy atom. The Balaban J connectivity index is 1.92. The van der Waals surface area contributed by atoms with Gasteiger partial charge in [0, 0.05) is 11.5 Å². The van der Waals surface area contributed by atoms with Crippen molar-refractivity contribution in [2.75, 3.05) is 11.9 Å². The third-order valence-electron chi connectivity index (χ3n) is 4.71. The number of carbonyl (C=O) groups is 2. The number of ether oxygens (including phenoxy) is 1. The maximum atomic E-state index is 13.1. The van der Waals surface area contributed by atoms with Gasteiger partial charge >= 0.3 is 5.97 Å². The number of thiazole rings is 1. The zero-order chi connectivity index (χ0) is 21.8. The molecule has 0 fully saturated rings. The van der Waals surface area contributed by atoms with Crippen LogP contribution in [0.15, 0.2) is 47.8 Å². The summed E-state index contributed by atoms with van der Waals surface area (Å²) in [5, 5.41) is 3.95. The van der Waals surface area contributed by atoms with Gasteiger partial charge in [0.1, 0.15) is 17.5 Å². The minimum Gasteiger partial charge on any atom is -0.457 e. The number of amides is 1. The molecule has 7 nitrogen and oxygen atoms in total. The zero-order valence-corrected chi connectivity index (χ0v) is 17.9. The number of anilines is 1. The van der Waals surface area contributed by atoms with E-state index in [2.05, 4.69) is 16.9 Å². The molecule has 3 rings (SSSR count). The monoisotopic (exact) mass is 425 g/mol. The van der Waals surface area contributed by atoms with E-state index in [1.165, 1.54) is 10.6 Å². The molecule has 2 aromatic heterocycles. The summed E-state index contributed by atoms with van der Waals surface area (Å²) in [5.41, 5.74) is 1.79. The van der Waals surface area contributed by atoms with Crippen molar-refractivity contribution in [2.24, 2.45) is 0 Å². The fourth-order valence-corrected chi connectivity index (χ4v) is 4.17. The summed E-state index contributed by atoms with van der Waals surface area (Å²) in [7, 11) is 0. The molecule has 0 saturated carbocycles. The van der Waals surface area contributed by atoms with Crippen molar-refractivity contribution in [3.63, 3.8) is 0 Å². The second-order valence-corrected chi connectivity index (χ2v) is 7.79. The van der Waals surface area contributed by atoms with Crippen LogP contribution in [0.1, 0.15) is 40.3 Å². The highest BCUT2D eigenvalue weighted by atomic mass is 32.1. The smallest absolute Gasteiger partial charge is 0.350 e. The van der Waals surface area contributed by atoms with E-state index in [9.17, 15) is 14.4 Å². The van der Waals surface area contributed by atoms with Crippen molar-refractivity contribution in [1.82, 2.24) is 9.55 Å². The second kappa shape index (κ2) is 9.04. The van der Waals surface area contributed by atoms with Gasteiger partial charge < -0.3 is 10.1 Å². The van der Waals surface area contributed by atoms with Gasteiger partial charge in [-0.3, -0.25) is 14.2 Å². The Kier molecular flexibility index (Phi) is 6.47. The highest BCUT2D eigenvalue weighted by Gasteiger charge is 2.24. The average molecular weight is 426 g/mol. The van der Waals surface area contributed by atoms with Gasteiger partial charge in [-0.1, -0.05) is 49.1 Å². The SMILES string of the molecule is C=CCOC(=O)c1sc(NC(=O)C(CC)n2c(=O)cc(C)c3ccccc32)nc1C. The highest BCUT2D eigenvalue weighted by Crippen LogP contribution is 2.26. The fraction of sp³-hybridized carbons (Fsp3) is 0.273. The third-order valence-corrected chi connectivity index (χ3v) is 5.76. The Labute approximate surface area is 178 Å². The summed E-state index contributed by atoms with van der Waals surface area (Å²) in [4.78, 5) is 42.5. The molecule has 1 unspecified atom stereocenters. The number of nitrogens with one attached hydrogen (secondary N) is 1. The van der Waals surface area contributed by atoms with Crippen molar-refractivity contribution in [3.05, 3.63) is 69.5 Å². The molecule has 0 radical (unpaired) electrons. The van der Waals surface area contributed by atoms with Crippen LogP contribution in [0.5, 0.6) is 0 Å². The maximum Gasteiger partial charge on any atom is 0.350 e. The van der Waals surface area contributed by atoms with E-state index in [0.29, 0.717) is 22.5 Å². The van der Waals surface area contributed by atoms with Gasteiger partial charge in [0.2, 0.25) is 5.91 Å². The fourth-order valence-electron chi connectivity index (χ4n) is 3.30. The number of nitrogens with zero attached hydrogens (tertiary/aromatic N) is 2. The molecule has 0 bridgehead atoms. The quantitative estimate of drug-likeness (QED) is 0.456. The lowest BCUT2D eigenvalue weighted by molar-refractivity contribution is -0.119. The first-order valence-electron chi connectivity index (χ1n) is 9.54. The number of pyridine rings is 1. The van der Waals surface area contributed by atoms with Crippen LogP contribution in [-0.2, 0) is 9.53 Å². The minimum atomic E-state index is -0.719. The van der Waals surface area contributed by atoms with E-state index in [1.807, 2.05) is 38.1 Å². The minimum absolute atomic E-state index is 0.0964. The van der Waals surface area contributed by atoms with Crippen LogP contribution in [0, 0.1) is 13.8 Å². The lowest BCUT2D eigenvalue weighted by Gasteiger charge is -2.20. The summed E-state index contributed by atoms with van der Waals surface area (Å²) in [6.07, 6.45) is 1.89. The number of rotatable bonds is 7. The Morgan fingerprint density at radius 2 is 2.07 bits per heavy atom. The second-order valence-electron chi connectivity index (χ2n) is 6.79. The number of fused-ring (bicyclic) bond motifs is 1. The first-order chi connectivity index (χ1) is 14.4. The number of hydrogen-bond acceptors (Lipinski definition) is 6. The molecular weight excluding hydrogens is 402 g/mol. The van der Waals surface area contributed by atoms with E-state index >= 15 is 0 Å². The number of hydrogen-bond donors (Lipinski definition) is 1. The molecule has 156 valence electrons. The van der Waals surface area contributed by atoms with Gasteiger partial charge in [-0.2, -0.15) is 0 Å². The largest absolute Gasteiger partial charge is 0.457 e. The molecule has 0 aliphatic carbocycles. The molecule has 30 heavy (non-hydrogen) atoms. The van der Waals surface area contributed by atoms with Crippen LogP contribution in [0.2, 0.25) is 0 Å². The van der Waals surface area contributed by atoms with E-state index in [1.54, 1.807) is 13.0 Å². The summed E-state index contributed by atoms with van der Waals surface area (Å²) >= 11 is 1.04. The molecule has 1 aromatic carbocycles. The van der Waals surface area contributed by atoms with Crippen LogP contribution >= 0.6 is 11.3 Å². The number of carbonyl (C=O) groups excluding carboxylic acids is 2. The van der Waals surface area contributed by atoms with Crippen molar-refractivity contribution in [2.45, 2.75) is 33.2 Å². The molecule has 0 aliphatic heterocycles. The number of aromatic nitrogens is 2. The Bertz CT molecular complexity index is 1180. The molecule has 1 N–H and O–H groups in total. The van der Waals surface area contributed by atoms with Gasteiger partial charge in [0.25, 0.3) is 5.56 Å². The van der Waals surface area contributed by atoms with Gasteiger partial charge in [-0.15, -0.1) is 0 Å². The number of para-hydroxylation sites is 1. The summed E-state index contributed by atoms with van der Waals surface area (Å²) < 4.78 is 6.56. The van der Waals surface area contributed by atoms with Crippen LogP contribution in [0.3, 0.4) is 0 Å². The standard InChI is InChI=1S/C22H23N3O4S/c1-5-11-29-21(28)19-14(4)23-22(30-19)24-20(27)16(6-2)25-17-10-8-7-9-15(17)13(3)12-18(25)26/h5,7-10,12,16H,1,6,11H2,2-4H3,(H,23,24,27). The van der Waals surface area contributed by atoms with Crippen molar-refractivity contribution in [3.8, 4) is 0 Å². The number of esters is 1. The lowest BCUT2D eigenvalue weighted by Crippen LogP contribution is -2.33. The lowest BCUT2D eigenvalue weighted by atomic mass is 10.1. The van der Waals surface area contributed by atoms with E-state index < -0.39 is 12.0 Å². The molecule has 8 heteroatoms. The molecule has 0 spiro atoms. The number of benzene rings is 1. The van der Waals surface area contributed by atoms with E-state index in [0.717, 1.165) is 22.3 Å². The molecule has 3 aromatic rings. The van der Waals surface area contributed by atoms with Crippen molar-refractivity contribution >= 4 is 39.2 Å². The molecule has 1 atom stereocenters. The zero-order valence-electron chi connectivity index (χ0n) is 17.1. The number of aryl methyl sites for hydroxylation is 2. The summed E-state index contributed by atoms with van der Waals surface area (Å²) in [6, 6.07) is 8.32. The van der Waals surface area contributed by atoms with Crippen LogP contribution in [-0.4, -0.2) is 28.0 Å². The third kappa shape index (κ3) is 4.18. The molecule has 0 saturated heterocycles. The van der Waals surface area contributed by atoms with Crippen LogP contribution < -0.4 is 10.9 Å². The van der Waals surface area contributed by atoms with Gasteiger partial charge in [0.15, 0.2) is 5.13 Å². The van der Waals surface area contributed by atoms with Gasteiger partial charge in [-0.25, -0.2) is 9.78 Å². The Hall–Kier alpha value is -3.26. The van der Waals surface area contributed by atoms with Crippen LogP contribution in [0.4, 0.5) is 5.13 Å². The highest BCUT2D eigenvalue weighted by molar-refractivity contribution is 7.17. The predicted molar refractivity (Wildman–Crippen MR) is 118 cm³/mol. The first-order valence-corrected chi connectivity index (χ1v) is 10.4. The normalized spacial score (nSPS) is 11.8. The first kappa shape index (κ1) is 21.4. The molecular formula is C22H23N3O4S. The van der Waals surface area contributed by atoms with Crippen LogP contribution in [0.25, 0.3) is 10.9 Å². The Morgan fingerprint density at radius 3 is 2.77 bits per heavy atom. The van der Waals surface area contributed by atoms with Crippen molar-refractivity contribution in [1.29, 1.82) is 0 Å². The summed E-state index contributed by atoms with van der Waals surface area (Å²) in [6.45, 7) is 9.00. The molecule has 0 aliphatic rings. The maximum absolute atomic E-state index is 13.1. The van der Waals surface area contributed by atoms with E-state index in [-0.39, 0.29) is 23.2 Å². The molecule has 1 amide bonds. The average Bonchev–Trinajstić information content (AvgIpc) is 3.09. The predicted octanol–water partition coefficient (Wildman–Crippen LogP) is 4.01. The van der Waals surface area contributed by atoms with Gasteiger partial charge in [0.05, 0.1) is 11.2 Å². The summed E-state index contributed by atoms with van der Waals surface area (Å²) in [5.74, 6) is -0.883. The van der Waals surface area contributed by atoms with Crippen molar-refractivity contribution < 1.29 is 14.3 Å². The van der Waals surface area contributed by atoms with E-state index in [4.69, 9.17) is 4.74 Å².